The van der Waals surface area contributed by atoms with Gasteiger partial charge in [0.1, 0.15) is 12.4 Å². The molecule has 6 heteroatoms. The molecule has 2 heterocycles. The molecule has 0 saturated carbocycles. The van der Waals surface area contributed by atoms with E-state index in [0.29, 0.717) is 24.5 Å². The van der Waals surface area contributed by atoms with Crippen molar-refractivity contribution < 1.29 is 17.9 Å². The first-order valence-corrected chi connectivity index (χ1v) is 6.66. The summed E-state index contributed by atoms with van der Waals surface area (Å²) in [6, 6.07) is 0. The van der Waals surface area contributed by atoms with E-state index in [4.69, 9.17) is 9.52 Å². The van der Waals surface area contributed by atoms with Gasteiger partial charge in [0.05, 0.1) is 17.7 Å². The average molecular weight is 231 g/mol. The highest BCUT2D eigenvalue weighted by Gasteiger charge is 2.28. The van der Waals surface area contributed by atoms with Crippen LogP contribution in [0.4, 0.5) is 0 Å². The molecule has 1 fully saturated rings. The van der Waals surface area contributed by atoms with Gasteiger partial charge in [0.2, 0.25) is 0 Å². The van der Waals surface area contributed by atoms with Crippen molar-refractivity contribution in [3.63, 3.8) is 0 Å². The van der Waals surface area contributed by atoms with Crippen LogP contribution in [0.1, 0.15) is 18.1 Å². The first-order chi connectivity index (χ1) is 7.09. The molecule has 15 heavy (non-hydrogen) atoms. The zero-order valence-electron chi connectivity index (χ0n) is 8.22. The molecule has 1 aromatic rings. The van der Waals surface area contributed by atoms with Crippen LogP contribution in [0.15, 0.2) is 10.6 Å². The topological polar surface area (TPSA) is 80.4 Å². The molecule has 0 spiro atoms. The second-order valence-corrected chi connectivity index (χ2v) is 6.08. The summed E-state index contributed by atoms with van der Waals surface area (Å²) >= 11 is 0. The summed E-state index contributed by atoms with van der Waals surface area (Å²) in [6.45, 7) is -0.171. The molecule has 1 aromatic heterocycles. The van der Waals surface area contributed by atoms with Crippen molar-refractivity contribution in [3.8, 4) is 0 Å². The summed E-state index contributed by atoms with van der Waals surface area (Å²) in [6.07, 6.45) is 2.69. The standard InChI is InChI=1S/C9H13NO4S/c11-5-8-4-10-9(14-8)3-7-1-2-15(12,13)6-7/h4,7,11H,1-3,5-6H2. The average Bonchev–Trinajstić information content (AvgIpc) is 2.73. The lowest BCUT2D eigenvalue weighted by Crippen LogP contribution is -2.07. The Hall–Kier alpha value is -0.880. The van der Waals surface area contributed by atoms with Gasteiger partial charge in [0.15, 0.2) is 15.7 Å². The Morgan fingerprint density at radius 2 is 2.40 bits per heavy atom. The van der Waals surface area contributed by atoms with E-state index < -0.39 is 9.84 Å². The minimum absolute atomic E-state index is 0.111. The van der Waals surface area contributed by atoms with Crippen molar-refractivity contribution in [3.05, 3.63) is 17.8 Å². The lowest BCUT2D eigenvalue weighted by molar-refractivity contribution is 0.242. The molecule has 5 nitrogen and oxygen atoms in total. The summed E-state index contributed by atoms with van der Waals surface area (Å²) in [4.78, 5) is 3.98. The predicted molar refractivity (Wildman–Crippen MR) is 52.9 cm³/mol. The Morgan fingerprint density at radius 1 is 1.60 bits per heavy atom. The molecule has 1 N–H and O–H groups in total. The maximum absolute atomic E-state index is 11.2. The second kappa shape index (κ2) is 3.94. The summed E-state index contributed by atoms with van der Waals surface area (Å²) < 4.78 is 27.6. The van der Waals surface area contributed by atoms with Gasteiger partial charge in [-0.05, 0) is 12.3 Å². The van der Waals surface area contributed by atoms with Crippen LogP contribution < -0.4 is 0 Å². The number of nitrogens with zero attached hydrogens (tertiary/aromatic N) is 1. The summed E-state index contributed by atoms with van der Waals surface area (Å²) in [7, 11) is -2.83. The van der Waals surface area contributed by atoms with E-state index in [1.54, 1.807) is 0 Å². The quantitative estimate of drug-likeness (QED) is 0.800. The molecule has 0 aliphatic carbocycles. The molecule has 1 unspecified atom stereocenters. The fourth-order valence-electron chi connectivity index (χ4n) is 1.80. The molecule has 2 rings (SSSR count). The molecule has 0 aromatic carbocycles. The van der Waals surface area contributed by atoms with Gasteiger partial charge in [-0.3, -0.25) is 0 Å². The van der Waals surface area contributed by atoms with Crippen LogP contribution in [0.2, 0.25) is 0 Å². The molecule has 0 bridgehead atoms. The van der Waals surface area contributed by atoms with Crippen molar-refractivity contribution in [1.82, 2.24) is 4.98 Å². The van der Waals surface area contributed by atoms with Crippen molar-refractivity contribution in [2.75, 3.05) is 11.5 Å². The lowest BCUT2D eigenvalue weighted by Gasteiger charge is -2.02. The van der Waals surface area contributed by atoms with E-state index in [-0.39, 0.29) is 24.0 Å². The van der Waals surface area contributed by atoms with Crippen LogP contribution in [0.25, 0.3) is 0 Å². The predicted octanol–water partition coefficient (Wildman–Crippen LogP) is 0.144. The fourth-order valence-corrected chi connectivity index (χ4v) is 3.66. The smallest absolute Gasteiger partial charge is 0.194 e. The van der Waals surface area contributed by atoms with Gasteiger partial charge < -0.3 is 9.52 Å². The largest absolute Gasteiger partial charge is 0.443 e. The fraction of sp³-hybridized carbons (Fsp3) is 0.667. The number of hydrogen-bond acceptors (Lipinski definition) is 5. The van der Waals surface area contributed by atoms with Crippen LogP contribution in [0.5, 0.6) is 0 Å². The SMILES string of the molecule is O=S1(=O)CCC(Cc2ncc(CO)o2)C1. The third-order valence-electron chi connectivity index (χ3n) is 2.55. The maximum atomic E-state index is 11.2. The molecule has 1 atom stereocenters. The molecule has 1 aliphatic rings. The van der Waals surface area contributed by atoms with Crippen molar-refractivity contribution in [1.29, 1.82) is 0 Å². The highest BCUT2D eigenvalue weighted by Crippen LogP contribution is 2.22. The van der Waals surface area contributed by atoms with E-state index in [1.807, 2.05) is 0 Å². The molecule has 0 radical (unpaired) electrons. The van der Waals surface area contributed by atoms with Gasteiger partial charge in [0, 0.05) is 6.42 Å². The summed E-state index contributed by atoms with van der Waals surface area (Å²) in [5, 5.41) is 8.77. The minimum atomic E-state index is -2.83. The van der Waals surface area contributed by atoms with Gasteiger partial charge in [0.25, 0.3) is 0 Å². The second-order valence-electron chi connectivity index (χ2n) is 3.85. The summed E-state index contributed by atoms with van der Waals surface area (Å²) in [5.74, 6) is 1.54. The van der Waals surface area contributed by atoms with Gasteiger partial charge in [-0.1, -0.05) is 0 Å². The zero-order chi connectivity index (χ0) is 10.9. The van der Waals surface area contributed by atoms with E-state index in [1.165, 1.54) is 6.20 Å². The Morgan fingerprint density at radius 3 is 2.93 bits per heavy atom. The molecular formula is C9H13NO4S. The highest BCUT2D eigenvalue weighted by molar-refractivity contribution is 7.91. The highest BCUT2D eigenvalue weighted by atomic mass is 32.2. The normalized spacial score (nSPS) is 24.5. The van der Waals surface area contributed by atoms with Gasteiger partial charge in [-0.15, -0.1) is 0 Å². The van der Waals surface area contributed by atoms with E-state index in [0.717, 1.165) is 0 Å². The van der Waals surface area contributed by atoms with Crippen LogP contribution in [0, 0.1) is 5.92 Å². The Kier molecular flexibility index (Phi) is 2.79. The minimum Gasteiger partial charge on any atom is -0.443 e. The van der Waals surface area contributed by atoms with Crippen LogP contribution in [-0.2, 0) is 22.9 Å². The van der Waals surface area contributed by atoms with E-state index >= 15 is 0 Å². The van der Waals surface area contributed by atoms with Gasteiger partial charge in [-0.25, -0.2) is 13.4 Å². The van der Waals surface area contributed by atoms with Crippen molar-refractivity contribution in [2.45, 2.75) is 19.4 Å². The summed E-state index contributed by atoms with van der Waals surface area (Å²) in [5.41, 5.74) is 0. The third kappa shape index (κ3) is 2.57. The first kappa shape index (κ1) is 10.6. The lowest BCUT2D eigenvalue weighted by atomic mass is 10.1. The van der Waals surface area contributed by atoms with Crippen molar-refractivity contribution in [2.24, 2.45) is 5.92 Å². The number of oxazole rings is 1. The van der Waals surface area contributed by atoms with Crippen LogP contribution >= 0.6 is 0 Å². The third-order valence-corrected chi connectivity index (χ3v) is 4.38. The van der Waals surface area contributed by atoms with E-state index in [2.05, 4.69) is 4.98 Å². The van der Waals surface area contributed by atoms with E-state index in [9.17, 15) is 8.42 Å². The number of hydrogen-bond donors (Lipinski definition) is 1. The van der Waals surface area contributed by atoms with Gasteiger partial charge >= 0.3 is 0 Å². The van der Waals surface area contributed by atoms with Crippen LogP contribution in [-0.4, -0.2) is 30.0 Å². The zero-order valence-corrected chi connectivity index (χ0v) is 9.03. The molecular weight excluding hydrogens is 218 g/mol. The Labute approximate surface area is 88.0 Å². The molecule has 84 valence electrons. The number of sulfone groups is 1. The Bertz CT molecular complexity index is 437. The molecule has 0 amide bonds. The molecule has 1 aliphatic heterocycles. The molecule has 1 saturated heterocycles. The number of aliphatic hydroxyl groups excluding tert-OH is 1. The number of rotatable bonds is 3. The Balaban J connectivity index is 1.98. The van der Waals surface area contributed by atoms with Gasteiger partial charge in [-0.2, -0.15) is 0 Å². The van der Waals surface area contributed by atoms with Crippen LogP contribution in [0.3, 0.4) is 0 Å². The monoisotopic (exact) mass is 231 g/mol. The van der Waals surface area contributed by atoms with Crippen molar-refractivity contribution >= 4 is 9.84 Å². The first-order valence-electron chi connectivity index (χ1n) is 4.84. The number of aromatic nitrogens is 1. The number of aliphatic hydroxyl groups is 1. The maximum Gasteiger partial charge on any atom is 0.194 e.